The summed E-state index contributed by atoms with van der Waals surface area (Å²) in [5.41, 5.74) is 4.04. The summed E-state index contributed by atoms with van der Waals surface area (Å²) in [4.78, 5) is 35.2. The molecule has 1 amide bonds. The number of benzene rings is 1. The smallest absolute Gasteiger partial charge is 0.319 e. The summed E-state index contributed by atoms with van der Waals surface area (Å²) >= 11 is 0. The standard InChI is InChI=1S/C24H25N3O3/c1-24(23(29)30-2)9-3-5-17-16(13-24)12-21-18(17)6-4-10-27(21)22(28)15-7-8-19-20(11-15)26-14-25-19/h3,5,7-9,11,13-14,18,21H,4,6,10,12H2,1-2H3,(H,25,26). The number of hydrogen-bond donors (Lipinski definition) is 1. The Balaban J connectivity index is 1.47. The van der Waals surface area contributed by atoms with Crippen LogP contribution in [0.4, 0.5) is 0 Å². The van der Waals surface area contributed by atoms with Gasteiger partial charge in [0.25, 0.3) is 5.91 Å². The third-order valence-electron chi connectivity index (χ3n) is 6.72. The molecule has 0 spiro atoms. The average Bonchev–Trinajstić information content (AvgIpc) is 3.32. The van der Waals surface area contributed by atoms with E-state index in [2.05, 4.69) is 16.0 Å². The van der Waals surface area contributed by atoms with Gasteiger partial charge in [-0.05, 0) is 55.5 Å². The van der Waals surface area contributed by atoms with Gasteiger partial charge in [0, 0.05) is 24.1 Å². The Labute approximate surface area is 175 Å². The predicted octanol–water partition coefficient (Wildman–Crippen LogP) is 3.79. The number of ether oxygens (including phenoxy) is 1. The molecular weight excluding hydrogens is 378 g/mol. The van der Waals surface area contributed by atoms with Gasteiger partial charge in [0.1, 0.15) is 5.41 Å². The van der Waals surface area contributed by atoms with Gasteiger partial charge < -0.3 is 14.6 Å². The Bertz CT molecular complexity index is 1130. The summed E-state index contributed by atoms with van der Waals surface area (Å²) in [7, 11) is 1.42. The van der Waals surface area contributed by atoms with Crippen molar-refractivity contribution in [2.75, 3.05) is 13.7 Å². The fraction of sp³-hybridized carbons (Fsp3) is 0.375. The Morgan fingerprint density at radius 3 is 3.03 bits per heavy atom. The number of nitrogens with zero attached hydrogens (tertiary/aromatic N) is 2. The lowest BCUT2D eigenvalue weighted by molar-refractivity contribution is -0.146. The highest BCUT2D eigenvalue weighted by Gasteiger charge is 2.44. The molecule has 2 aromatic rings. The number of carbonyl (C=O) groups excluding carboxylic acids is 2. The molecule has 3 aliphatic rings. The van der Waals surface area contributed by atoms with Gasteiger partial charge in [0.15, 0.2) is 0 Å². The average molecular weight is 403 g/mol. The van der Waals surface area contributed by atoms with E-state index in [0.29, 0.717) is 11.5 Å². The monoisotopic (exact) mass is 403 g/mol. The van der Waals surface area contributed by atoms with E-state index in [1.54, 1.807) is 6.33 Å². The van der Waals surface area contributed by atoms with E-state index in [1.165, 1.54) is 12.7 Å². The van der Waals surface area contributed by atoms with E-state index in [9.17, 15) is 9.59 Å². The van der Waals surface area contributed by atoms with E-state index < -0.39 is 5.41 Å². The van der Waals surface area contributed by atoms with Crippen LogP contribution in [0.5, 0.6) is 0 Å². The number of nitrogens with one attached hydrogen (secondary N) is 1. The normalized spacial score (nSPS) is 27.7. The van der Waals surface area contributed by atoms with Crippen LogP contribution in [0.15, 0.2) is 60.0 Å². The molecule has 1 aliphatic heterocycles. The maximum absolute atomic E-state index is 13.4. The molecule has 2 heterocycles. The Morgan fingerprint density at radius 2 is 2.20 bits per heavy atom. The van der Waals surface area contributed by atoms with Gasteiger partial charge in [-0.1, -0.05) is 24.3 Å². The molecule has 30 heavy (non-hydrogen) atoms. The van der Waals surface area contributed by atoms with Gasteiger partial charge in [0.05, 0.1) is 24.5 Å². The molecule has 0 radical (unpaired) electrons. The van der Waals surface area contributed by atoms with Crippen LogP contribution in [-0.2, 0) is 9.53 Å². The maximum Gasteiger partial charge on any atom is 0.319 e. The Hall–Kier alpha value is -3.15. The summed E-state index contributed by atoms with van der Waals surface area (Å²) in [6.07, 6.45) is 12.5. The van der Waals surface area contributed by atoms with Crippen molar-refractivity contribution in [2.45, 2.75) is 32.2 Å². The fourth-order valence-corrected chi connectivity index (χ4v) is 5.22. The number of piperidine rings is 1. The number of likely N-dealkylation sites (tertiary alicyclic amines) is 1. The molecule has 2 fully saturated rings. The highest BCUT2D eigenvalue weighted by Crippen LogP contribution is 2.47. The second-order valence-corrected chi connectivity index (χ2v) is 8.58. The number of hydrogen-bond acceptors (Lipinski definition) is 4. The van der Waals surface area contributed by atoms with Crippen molar-refractivity contribution in [1.82, 2.24) is 14.9 Å². The highest BCUT2D eigenvalue weighted by atomic mass is 16.5. The first-order valence-electron chi connectivity index (χ1n) is 10.4. The van der Waals surface area contributed by atoms with Crippen molar-refractivity contribution in [3.05, 3.63) is 65.5 Å². The first-order chi connectivity index (χ1) is 14.5. The highest BCUT2D eigenvalue weighted by molar-refractivity contribution is 5.97. The molecule has 1 N–H and O–H groups in total. The second-order valence-electron chi connectivity index (χ2n) is 8.58. The minimum Gasteiger partial charge on any atom is -0.468 e. The van der Waals surface area contributed by atoms with Crippen LogP contribution in [0.3, 0.4) is 0 Å². The Kier molecular flexibility index (Phi) is 4.38. The largest absolute Gasteiger partial charge is 0.468 e. The zero-order valence-electron chi connectivity index (χ0n) is 17.2. The van der Waals surface area contributed by atoms with Crippen molar-refractivity contribution in [2.24, 2.45) is 11.3 Å². The van der Waals surface area contributed by atoms with Gasteiger partial charge in [-0.15, -0.1) is 0 Å². The zero-order valence-corrected chi connectivity index (χ0v) is 17.2. The third-order valence-corrected chi connectivity index (χ3v) is 6.72. The number of rotatable bonds is 2. The van der Waals surface area contributed by atoms with Crippen LogP contribution < -0.4 is 0 Å². The van der Waals surface area contributed by atoms with Crippen LogP contribution in [0, 0.1) is 11.3 Å². The van der Waals surface area contributed by atoms with Crippen molar-refractivity contribution in [3.63, 3.8) is 0 Å². The van der Waals surface area contributed by atoms with Crippen LogP contribution >= 0.6 is 0 Å². The molecule has 0 bridgehead atoms. The van der Waals surface area contributed by atoms with Gasteiger partial charge in [-0.3, -0.25) is 9.59 Å². The topological polar surface area (TPSA) is 75.3 Å². The first-order valence-corrected chi connectivity index (χ1v) is 10.4. The van der Waals surface area contributed by atoms with Crippen LogP contribution in [0.25, 0.3) is 11.0 Å². The number of aromatic amines is 1. The maximum atomic E-state index is 13.4. The number of allylic oxidation sites excluding steroid dienone is 2. The molecule has 1 saturated heterocycles. The number of fused-ring (bicyclic) bond motifs is 4. The minimum atomic E-state index is -0.781. The molecule has 1 aromatic carbocycles. The number of H-pyrrole nitrogens is 1. The van der Waals surface area contributed by atoms with Gasteiger partial charge in [-0.2, -0.15) is 0 Å². The van der Waals surface area contributed by atoms with E-state index in [4.69, 9.17) is 4.74 Å². The molecule has 1 saturated carbocycles. The molecule has 3 atom stereocenters. The molecule has 3 unspecified atom stereocenters. The lowest BCUT2D eigenvalue weighted by atomic mass is 9.87. The summed E-state index contributed by atoms with van der Waals surface area (Å²) in [5.74, 6) is 0.0937. The number of amides is 1. The van der Waals surface area contributed by atoms with E-state index >= 15 is 0 Å². The van der Waals surface area contributed by atoms with E-state index in [0.717, 1.165) is 42.4 Å². The fourth-order valence-electron chi connectivity index (χ4n) is 5.22. The van der Waals surface area contributed by atoms with Crippen molar-refractivity contribution < 1.29 is 14.3 Å². The SMILES string of the molecule is COC(=O)C1(C)C=CC=C2C(=C1)CC1C2CCCN1C(=O)c1ccc2nc[nH]c2c1. The van der Waals surface area contributed by atoms with Gasteiger partial charge in [0.2, 0.25) is 0 Å². The van der Waals surface area contributed by atoms with Gasteiger partial charge >= 0.3 is 5.97 Å². The first kappa shape index (κ1) is 18.9. The van der Waals surface area contributed by atoms with Crippen LogP contribution in [-0.4, -0.2) is 46.4 Å². The third kappa shape index (κ3) is 2.90. The van der Waals surface area contributed by atoms with Crippen LogP contribution in [0.2, 0.25) is 0 Å². The van der Waals surface area contributed by atoms with Gasteiger partial charge in [-0.25, -0.2) is 4.98 Å². The van der Waals surface area contributed by atoms with E-state index in [1.807, 2.05) is 48.3 Å². The zero-order chi connectivity index (χ0) is 20.9. The van der Waals surface area contributed by atoms with Crippen molar-refractivity contribution >= 4 is 22.9 Å². The summed E-state index contributed by atoms with van der Waals surface area (Å²) in [6, 6.07) is 5.75. The molecule has 154 valence electrons. The van der Waals surface area contributed by atoms with E-state index in [-0.39, 0.29) is 17.9 Å². The molecule has 6 nitrogen and oxygen atoms in total. The van der Waals surface area contributed by atoms with Crippen LogP contribution in [0.1, 0.15) is 36.5 Å². The lowest BCUT2D eigenvalue weighted by Gasteiger charge is -2.38. The molecular formula is C24H25N3O3. The number of aromatic nitrogens is 2. The molecule has 6 heteroatoms. The quantitative estimate of drug-likeness (QED) is 0.774. The minimum absolute atomic E-state index is 0.0603. The number of imidazole rings is 1. The summed E-state index contributed by atoms with van der Waals surface area (Å²) in [6.45, 7) is 2.63. The number of esters is 1. The molecule has 2 aliphatic carbocycles. The van der Waals surface area contributed by atoms with Crippen molar-refractivity contribution in [3.8, 4) is 0 Å². The number of carbonyl (C=O) groups is 2. The lowest BCUT2D eigenvalue weighted by Crippen LogP contribution is -2.46. The number of methoxy groups -OCH3 is 1. The Morgan fingerprint density at radius 1 is 1.33 bits per heavy atom. The molecule has 5 rings (SSSR count). The summed E-state index contributed by atoms with van der Waals surface area (Å²) < 4.78 is 5.03. The summed E-state index contributed by atoms with van der Waals surface area (Å²) in [5, 5.41) is 0. The molecule has 1 aromatic heterocycles. The van der Waals surface area contributed by atoms with Crippen molar-refractivity contribution in [1.29, 1.82) is 0 Å². The predicted molar refractivity (Wildman–Crippen MR) is 114 cm³/mol. The second kappa shape index (κ2) is 6.97.